The molecule has 1 aromatic carbocycles. The molecule has 0 spiro atoms. The van der Waals surface area contributed by atoms with Crippen molar-refractivity contribution in [2.45, 2.75) is 20.5 Å². The minimum absolute atomic E-state index is 0.157. The Morgan fingerprint density at radius 1 is 1.35 bits per heavy atom. The van der Waals surface area contributed by atoms with Crippen molar-refractivity contribution in [3.63, 3.8) is 0 Å². The Labute approximate surface area is 138 Å². The van der Waals surface area contributed by atoms with Crippen LogP contribution < -0.4 is 10.1 Å². The van der Waals surface area contributed by atoms with Crippen molar-refractivity contribution in [3.05, 3.63) is 46.8 Å². The predicted octanol–water partition coefficient (Wildman–Crippen LogP) is 2.70. The van der Waals surface area contributed by atoms with Crippen molar-refractivity contribution in [2.75, 3.05) is 12.3 Å². The zero-order chi connectivity index (χ0) is 16.2. The lowest BCUT2D eigenvalue weighted by Gasteiger charge is -2.07. The average Bonchev–Trinajstić information content (AvgIpc) is 3.17. The van der Waals surface area contributed by atoms with Crippen LogP contribution >= 0.6 is 11.8 Å². The van der Waals surface area contributed by atoms with Gasteiger partial charge in [0.25, 0.3) is 5.91 Å². The number of aliphatic imine (C=N–C) groups is 1. The van der Waals surface area contributed by atoms with Crippen molar-refractivity contribution in [2.24, 2.45) is 4.99 Å². The Bertz CT molecular complexity index is 718. The maximum Gasteiger partial charge on any atom is 0.257 e. The number of nitrogens with zero attached hydrogens (tertiary/aromatic N) is 2. The molecular weight excluding hydrogens is 314 g/mol. The molecule has 2 aromatic rings. The van der Waals surface area contributed by atoms with Gasteiger partial charge in [-0.2, -0.15) is 0 Å². The molecule has 0 aliphatic carbocycles. The van der Waals surface area contributed by atoms with Gasteiger partial charge in [-0.15, -0.1) is 0 Å². The van der Waals surface area contributed by atoms with Crippen LogP contribution in [0.3, 0.4) is 0 Å². The largest absolute Gasteiger partial charge is 0.489 e. The summed E-state index contributed by atoms with van der Waals surface area (Å²) < 4.78 is 10.8. The number of aromatic nitrogens is 1. The number of thioether (sulfide) groups is 1. The third kappa shape index (κ3) is 3.73. The number of carbonyl (C=O) groups excluding carboxylic acids is 1. The second-order valence-corrected chi connectivity index (χ2v) is 6.19. The van der Waals surface area contributed by atoms with Gasteiger partial charge in [0.1, 0.15) is 18.1 Å². The fourth-order valence-corrected chi connectivity index (χ4v) is 2.87. The molecule has 1 N–H and O–H groups in total. The summed E-state index contributed by atoms with van der Waals surface area (Å²) >= 11 is 1.56. The fourth-order valence-electron chi connectivity index (χ4n) is 2.15. The Kier molecular flexibility index (Phi) is 4.66. The SMILES string of the molecule is Cc1noc(C)c1COc1ccc(C(=O)NC2=NCCS2)cc1. The number of amides is 1. The number of ether oxygens (including phenoxy) is 1. The summed E-state index contributed by atoms with van der Waals surface area (Å²) in [4.78, 5) is 16.3. The summed E-state index contributed by atoms with van der Waals surface area (Å²) in [7, 11) is 0. The van der Waals surface area contributed by atoms with E-state index in [1.54, 1.807) is 36.0 Å². The van der Waals surface area contributed by atoms with Gasteiger partial charge in [-0.3, -0.25) is 9.79 Å². The molecule has 0 radical (unpaired) electrons. The van der Waals surface area contributed by atoms with E-state index in [1.807, 2.05) is 13.8 Å². The van der Waals surface area contributed by atoms with Gasteiger partial charge in [-0.1, -0.05) is 16.9 Å². The number of rotatable bonds is 4. The van der Waals surface area contributed by atoms with E-state index < -0.39 is 0 Å². The van der Waals surface area contributed by atoms with Crippen LogP contribution in [0.25, 0.3) is 0 Å². The van der Waals surface area contributed by atoms with E-state index >= 15 is 0 Å². The maximum atomic E-state index is 12.1. The van der Waals surface area contributed by atoms with Crippen LogP contribution in [0, 0.1) is 13.8 Å². The second-order valence-electron chi connectivity index (χ2n) is 5.11. The highest BCUT2D eigenvalue weighted by Gasteiger charge is 2.13. The van der Waals surface area contributed by atoms with Crippen molar-refractivity contribution in [1.29, 1.82) is 0 Å². The van der Waals surface area contributed by atoms with Gasteiger partial charge in [0.05, 0.1) is 17.8 Å². The maximum absolute atomic E-state index is 12.1. The smallest absolute Gasteiger partial charge is 0.257 e. The van der Waals surface area contributed by atoms with E-state index in [0.717, 1.165) is 29.3 Å². The molecule has 1 amide bonds. The highest BCUT2D eigenvalue weighted by molar-refractivity contribution is 8.14. The molecule has 2 heterocycles. The average molecular weight is 331 g/mol. The van der Waals surface area contributed by atoms with E-state index in [0.29, 0.717) is 23.1 Å². The third-order valence-corrected chi connectivity index (χ3v) is 4.38. The van der Waals surface area contributed by atoms with Gasteiger partial charge < -0.3 is 14.6 Å². The zero-order valence-corrected chi connectivity index (χ0v) is 13.8. The van der Waals surface area contributed by atoms with Crippen LogP contribution in [0.5, 0.6) is 5.75 Å². The molecule has 6 nitrogen and oxygen atoms in total. The van der Waals surface area contributed by atoms with Crippen LogP contribution in [-0.2, 0) is 6.61 Å². The number of benzene rings is 1. The van der Waals surface area contributed by atoms with Gasteiger partial charge in [0.15, 0.2) is 5.17 Å². The number of amidine groups is 1. The normalized spacial score (nSPS) is 13.7. The van der Waals surface area contributed by atoms with Crippen molar-refractivity contribution >= 4 is 22.8 Å². The fraction of sp³-hybridized carbons (Fsp3) is 0.312. The van der Waals surface area contributed by atoms with Gasteiger partial charge in [0.2, 0.25) is 0 Å². The van der Waals surface area contributed by atoms with Crippen LogP contribution in [0.15, 0.2) is 33.8 Å². The van der Waals surface area contributed by atoms with E-state index in [4.69, 9.17) is 9.26 Å². The summed E-state index contributed by atoms with van der Waals surface area (Å²) in [6, 6.07) is 7.02. The molecule has 0 fully saturated rings. The third-order valence-electron chi connectivity index (χ3n) is 3.49. The molecular formula is C16H17N3O3S. The van der Waals surface area contributed by atoms with Gasteiger partial charge in [-0.25, -0.2) is 0 Å². The van der Waals surface area contributed by atoms with Crippen LogP contribution in [0.1, 0.15) is 27.4 Å². The first kappa shape index (κ1) is 15.6. The second kappa shape index (κ2) is 6.87. The lowest BCUT2D eigenvalue weighted by Crippen LogP contribution is -2.27. The topological polar surface area (TPSA) is 76.7 Å². The molecule has 0 bridgehead atoms. The Morgan fingerprint density at radius 3 is 2.74 bits per heavy atom. The van der Waals surface area contributed by atoms with Crippen molar-refractivity contribution < 1.29 is 14.1 Å². The summed E-state index contributed by atoms with van der Waals surface area (Å²) in [6.07, 6.45) is 0. The first-order valence-corrected chi connectivity index (χ1v) is 8.25. The van der Waals surface area contributed by atoms with Gasteiger partial charge in [0, 0.05) is 11.3 Å². The lowest BCUT2D eigenvalue weighted by atomic mass is 10.2. The highest BCUT2D eigenvalue weighted by Crippen LogP contribution is 2.18. The minimum atomic E-state index is -0.157. The number of carbonyl (C=O) groups is 1. The highest BCUT2D eigenvalue weighted by atomic mass is 32.2. The Hall–Kier alpha value is -2.28. The molecule has 120 valence electrons. The molecule has 1 aliphatic heterocycles. The van der Waals surface area contributed by atoms with Crippen LogP contribution in [-0.4, -0.2) is 28.5 Å². The van der Waals surface area contributed by atoms with E-state index in [1.165, 1.54) is 0 Å². The molecule has 0 saturated heterocycles. The van der Waals surface area contributed by atoms with Crippen molar-refractivity contribution in [1.82, 2.24) is 10.5 Å². The first-order valence-electron chi connectivity index (χ1n) is 7.26. The molecule has 0 atom stereocenters. The monoisotopic (exact) mass is 331 g/mol. The number of hydrogen-bond acceptors (Lipinski definition) is 6. The summed E-state index contributed by atoms with van der Waals surface area (Å²) in [5.74, 6) is 2.21. The molecule has 23 heavy (non-hydrogen) atoms. The summed E-state index contributed by atoms with van der Waals surface area (Å²) in [6.45, 7) is 4.89. The molecule has 0 unspecified atom stereocenters. The Balaban J connectivity index is 1.59. The number of hydrogen-bond donors (Lipinski definition) is 1. The zero-order valence-electron chi connectivity index (χ0n) is 13.0. The number of aryl methyl sites for hydroxylation is 2. The van der Waals surface area contributed by atoms with Crippen molar-refractivity contribution in [3.8, 4) is 5.75 Å². The standard InChI is InChI=1S/C16H17N3O3S/c1-10-14(11(2)22-19-10)9-21-13-5-3-12(4-6-13)15(20)18-16-17-7-8-23-16/h3-6H,7-9H2,1-2H3,(H,17,18,20). The molecule has 3 rings (SSSR count). The quantitative estimate of drug-likeness (QED) is 0.932. The van der Waals surface area contributed by atoms with E-state index in [-0.39, 0.29) is 5.91 Å². The molecule has 1 aliphatic rings. The molecule has 1 aromatic heterocycles. The summed E-state index contributed by atoms with van der Waals surface area (Å²) in [5.41, 5.74) is 2.35. The first-order chi connectivity index (χ1) is 11.1. The van der Waals surface area contributed by atoms with Gasteiger partial charge >= 0.3 is 0 Å². The lowest BCUT2D eigenvalue weighted by molar-refractivity contribution is 0.0978. The van der Waals surface area contributed by atoms with E-state index in [2.05, 4.69) is 15.5 Å². The molecule has 0 saturated carbocycles. The van der Waals surface area contributed by atoms with Crippen LogP contribution in [0.2, 0.25) is 0 Å². The molecule has 7 heteroatoms. The number of nitrogens with one attached hydrogen (secondary N) is 1. The minimum Gasteiger partial charge on any atom is -0.489 e. The van der Waals surface area contributed by atoms with Gasteiger partial charge in [-0.05, 0) is 38.1 Å². The predicted molar refractivity (Wildman–Crippen MR) is 89.0 cm³/mol. The summed E-state index contributed by atoms with van der Waals surface area (Å²) in [5, 5.41) is 7.38. The van der Waals surface area contributed by atoms with E-state index in [9.17, 15) is 4.79 Å². The Morgan fingerprint density at radius 2 is 2.13 bits per heavy atom. The van der Waals surface area contributed by atoms with Crippen LogP contribution in [0.4, 0.5) is 0 Å².